The SMILES string of the molecule is CC(=O)c1ccc(/C=C/C(=O)OCN)c(C#N)c1. The van der Waals surface area contributed by atoms with Gasteiger partial charge in [0.2, 0.25) is 0 Å². The van der Waals surface area contributed by atoms with Gasteiger partial charge in [-0.3, -0.25) is 10.5 Å². The Hall–Kier alpha value is -2.45. The summed E-state index contributed by atoms with van der Waals surface area (Å²) in [4.78, 5) is 22.2. The minimum absolute atomic E-state index is 0.121. The molecule has 0 aliphatic rings. The standard InChI is InChI=1S/C13H12N2O3/c1-9(16)11-3-2-10(12(6-11)7-14)4-5-13(17)18-8-15/h2-6H,8,15H2,1H3/b5-4+. The molecule has 0 spiro atoms. The van der Waals surface area contributed by atoms with Gasteiger partial charge in [0.25, 0.3) is 0 Å². The van der Waals surface area contributed by atoms with Gasteiger partial charge < -0.3 is 4.74 Å². The molecule has 5 nitrogen and oxygen atoms in total. The van der Waals surface area contributed by atoms with Crippen LogP contribution in [0.25, 0.3) is 6.08 Å². The second kappa shape index (κ2) is 6.33. The number of esters is 1. The lowest BCUT2D eigenvalue weighted by molar-refractivity contribution is -0.137. The maximum Gasteiger partial charge on any atom is 0.332 e. The number of benzene rings is 1. The van der Waals surface area contributed by atoms with Gasteiger partial charge in [-0.15, -0.1) is 0 Å². The fourth-order valence-corrected chi connectivity index (χ4v) is 1.31. The van der Waals surface area contributed by atoms with Crippen LogP contribution >= 0.6 is 0 Å². The first-order chi connectivity index (χ1) is 8.58. The highest BCUT2D eigenvalue weighted by Crippen LogP contribution is 2.13. The van der Waals surface area contributed by atoms with Gasteiger partial charge in [-0.2, -0.15) is 5.26 Å². The molecule has 0 unspecified atom stereocenters. The van der Waals surface area contributed by atoms with Crippen LogP contribution in [0.1, 0.15) is 28.4 Å². The highest BCUT2D eigenvalue weighted by molar-refractivity contribution is 5.95. The Morgan fingerprint density at radius 1 is 1.50 bits per heavy atom. The Labute approximate surface area is 104 Å². The van der Waals surface area contributed by atoms with Gasteiger partial charge in [-0.1, -0.05) is 12.1 Å². The molecular weight excluding hydrogens is 232 g/mol. The monoisotopic (exact) mass is 244 g/mol. The fourth-order valence-electron chi connectivity index (χ4n) is 1.31. The van der Waals surface area contributed by atoms with E-state index in [9.17, 15) is 9.59 Å². The van der Waals surface area contributed by atoms with Gasteiger partial charge >= 0.3 is 5.97 Å². The summed E-state index contributed by atoms with van der Waals surface area (Å²) in [6, 6.07) is 6.64. The molecule has 0 heterocycles. The predicted molar refractivity (Wildman–Crippen MR) is 65.3 cm³/mol. The van der Waals surface area contributed by atoms with Crippen LogP contribution in [-0.2, 0) is 9.53 Å². The van der Waals surface area contributed by atoms with E-state index in [1.807, 2.05) is 6.07 Å². The number of rotatable bonds is 4. The molecule has 18 heavy (non-hydrogen) atoms. The summed E-state index contributed by atoms with van der Waals surface area (Å²) in [7, 11) is 0. The molecule has 0 saturated heterocycles. The van der Waals surface area contributed by atoms with E-state index in [-0.39, 0.29) is 12.5 Å². The van der Waals surface area contributed by atoms with Gasteiger partial charge in [0.15, 0.2) is 5.78 Å². The summed E-state index contributed by atoms with van der Waals surface area (Å²) in [5.41, 5.74) is 6.35. The highest BCUT2D eigenvalue weighted by atomic mass is 16.5. The summed E-state index contributed by atoms with van der Waals surface area (Å²) >= 11 is 0. The van der Waals surface area contributed by atoms with Crippen molar-refractivity contribution in [1.29, 1.82) is 5.26 Å². The Morgan fingerprint density at radius 3 is 2.78 bits per heavy atom. The predicted octanol–water partition coefficient (Wildman–Crippen LogP) is 1.23. The number of nitriles is 1. The van der Waals surface area contributed by atoms with Crippen molar-refractivity contribution in [2.75, 3.05) is 6.73 Å². The molecule has 0 aliphatic carbocycles. The van der Waals surface area contributed by atoms with E-state index in [2.05, 4.69) is 4.74 Å². The summed E-state index contributed by atoms with van der Waals surface area (Å²) < 4.78 is 4.51. The Kier molecular flexibility index (Phi) is 4.78. The fraction of sp³-hybridized carbons (Fsp3) is 0.154. The molecule has 1 aromatic carbocycles. The largest absolute Gasteiger partial charge is 0.447 e. The van der Waals surface area contributed by atoms with E-state index in [0.717, 1.165) is 0 Å². The van der Waals surface area contributed by atoms with Crippen molar-refractivity contribution in [1.82, 2.24) is 0 Å². The zero-order valence-corrected chi connectivity index (χ0v) is 9.84. The number of nitrogens with zero attached hydrogens (tertiary/aromatic N) is 1. The van der Waals surface area contributed by atoms with Crippen molar-refractivity contribution in [2.45, 2.75) is 6.92 Å². The number of carbonyl (C=O) groups excluding carboxylic acids is 2. The second-order valence-corrected chi connectivity index (χ2v) is 3.43. The summed E-state index contributed by atoms with van der Waals surface area (Å²) in [6.45, 7) is 1.22. The summed E-state index contributed by atoms with van der Waals surface area (Å²) in [6.07, 6.45) is 2.62. The van der Waals surface area contributed by atoms with E-state index in [0.29, 0.717) is 16.7 Å². The minimum atomic E-state index is -0.586. The molecule has 0 saturated carbocycles. The first-order valence-electron chi connectivity index (χ1n) is 5.18. The third-order valence-electron chi connectivity index (χ3n) is 2.20. The molecule has 0 radical (unpaired) electrons. The molecule has 92 valence electrons. The number of ketones is 1. The van der Waals surface area contributed by atoms with Crippen molar-refractivity contribution in [2.24, 2.45) is 5.73 Å². The number of nitrogens with two attached hydrogens (primary N) is 1. The number of carbonyl (C=O) groups is 2. The van der Waals surface area contributed by atoms with E-state index in [4.69, 9.17) is 11.0 Å². The number of ether oxygens (including phenoxy) is 1. The zero-order chi connectivity index (χ0) is 13.5. The molecule has 1 rings (SSSR count). The molecule has 0 atom stereocenters. The van der Waals surface area contributed by atoms with Crippen LogP contribution in [-0.4, -0.2) is 18.5 Å². The molecule has 5 heteroatoms. The Morgan fingerprint density at radius 2 is 2.22 bits per heavy atom. The van der Waals surface area contributed by atoms with Crippen molar-refractivity contribution >= 4 is 17.8 Å². The number of Topliss-reactive ketones (excluding diaryl/α,β-unsaturated/α-hetero) is 1. The molecule has 0 bridgehead atoms. The van der Waals surface area contributed by atoms with Gasteiger partial charge in [-0.25, -0.2) is 4.79 Å². The van der Waals surface area contributed by atoms with E-state index < -0.39 is 5.97 Å². The van der Waals surface area contributed by atoms with Crippen LogP contribution < -0.4 is 5.73 Å². The highest BCUT2D eigenvalue weighted by Gasteiger charge is 2.05. The van der Waals surface area contributed by atoms with E-state index in [1.165, 1.54) is 25.1 Å². The Bertz CT molecular complexity index is 542. The van der Waals surface area contributed by atoms with Crippen LogP contribution in [0.3, 0.4) is 0 Å². The third kappa shape index (κ3) is 3.54. The Balaban J connectivity index is 3.01. The van der Waals surface area contributed by atoms with Crippen molar-refractivity contribution in [3.8, 4) is 6.07 Å². The second-order valence-electron chi connectivity index (χ2n) is 3.43. The smallest absolute Gasteiger partial charge is 0.332 e. The summed E-state index contributed by atoms with van der Waals surface area (Å²) in [5, 5.41) is 8.96. The molecule has 1 aromatic rings. The lowest BCUT2D eigenvalue weighted by atomic mass is 10.0. The van der Waals surface area contributed by atoms with E-state index >= 15 is 0 Å². The summed E-state index contributed by atoms with van der Waals surface area (Å²) in [5.74, 6) is -0.707. The maximum absolute atomic E-state index is 11.2. The van der Waals surface area contributed by atoms with Crippen LogP contribution in [0.2, 0.25) is 0 Å². The molecular formula is C13H12N2O3. The molecule has 0 fully saturated rings. The van der Waals surface area contributed by atoms with Crippen molar-refractivity contribution in [3.63, 3.8) is 0 Å². The van der Waals surface area contributed by atoms with E-state index in [1.54, 1.807) is 12.1 Å². The first kappa shape index (κ1) is 13.6. The normalized spacial score (nSPS) is 10.1. The van der Waals surface area contributed by atoms with Crippen LogP contribution in [0.5, 0.6) is 0 Å². The van der Waals surface area contributed by atoms with Gasteiger partial charge in [0.05, 0.1) is 11.6 Å². The lowest BCUT2D eigenvalue weighted by Gasteiger charge is -2.01. The van der Waals surface area contributed by atoms with Crippen LogP contribution in [0.4, 0.5) is 0 Å². The molecule has 2 N–H and O–H groups in total. The van der Waals surface area contributed by atoms with Gasteiger partial charge in [0, 0.05) is 11.6 Å². The topological polar surface area (TPSA) is 93.2 Å². The third-order valence-corrected chi connectivity index (χ3v) is 2.20. The number of hydrogen-bond donors (Lipinski definition) is 1. The van der Waals surface area contributed by atoms with Crippen molar-refractivity contribution in [3.05, 3.63) is 41.0 Å². The van der Waals surface area contributed by atoms with Gasteiger partial charge in [-0.05, 0) is 24.6 Å². The zero-order valence-electron chi connectivity index (χ0n) is 9.84. The molecule has 0 aromatic heterocycles. The quantitative estimate of drug-likeness (QED) is 0.372. The minimum Gasteiger partial charge on any atom is -0.447 e. The average molecular weight is 244 g/mol. The van der Waals surface area contributed by atoms with Crippen LogP contribution in [0.15, 0.2) is 24.3 Å². The number of hydrogen-bond acceptors (Lipinski definition) is 5. The lowest BCUT2D eigenvalue weighted by Crippen LogP contribution is -2.09. The molecule has 0 aliphatic heterocycles. The van der Waals surface area contributed by atoms with Crippen molar-refractivity contribution < 1.29 is 14.3 Å². The van der Waals surface area contributed by atoms with Crippen LogP contribution in [0, 0.1) is 11.3 Å². The maximum atomic E-state index is 11.2. The van der Waals surface area contributed by atoms with Gasteiger partial charge in [0.1, 0.15) is 6.73 Å². The first-order valence-corrected chi connectivity index (χ1v) is 5.18. The molecule has 0 amide bonds. The average Bonchev–Trinajstić information content (AvgIpc) is 2.36.